The molecule has 1 aliphatic rings. The summed E-state index contributed by atoms with van der Waals surface area (Å²) in [4.78, 5) is 27.0. The number of nitrogens with one attached hydrogen (secondary N) is 2. The lowest BCUT2D eigenvalue weighted by Gasteiger charge is -2.33. The molecule has 8 nitrogen and oxygen atoms in total. The Kier molecular flexibility index (Phi) is 9.28. The number of nitriles is 1. The lowest BCUT2D eigenvalue weighted by atomic mass is 9.72. The molecule has 0 spiro atoms. The highest BCUT2D eigenvalue weighted by molar-refractivity contribution is 7.99. The fourth-order valence-corrected chi connectivity index (χ4v) is 7.04. The summed E-state index contributed by atoms with van der Waals surface area (Å²) in [6.45, 7) is 10.8. The standard InChI is InChI=1S/C29H35ClN6O2S2/c1-16(2)24(33-26(38)17-7-10-19(30)11-8-17)25-34-35-28(36(25)6)39-15-23(37)32-27-21(14-31)20-12-9-18(29(3,4)5)13-22(20)40-27/h7-8,10-11,16,18,24H,9,12-13,15H2,1-6H3,(H,32,37)(H,33,38)/t18-,24+/m0/s1. The van der Waals surface area contributed by atoms with Gasteiger partial charge in [0.1, 0.15) is 11.1 Å². The highest BCUT2D eigenvalue weighted by atomic mass is 35.5. The molecule has 1 aliphatic carbocycles. The molecule has 0 saturated heterocycles. The number of thiophene rings is 1. The first-order valence-corrected chi connectivity index (χ1v) is 15.5. The fourth-order valence-electron chi connectivity index (χ4n) is 4.90. The Labute approximate surface area is 248 Å². The summed E-state index contributed by atoms with van der Waals surface area (Å²) in [5.41, 5.74) is 2.40. The third-order valence-electron chi connectivity index (χ3n) is 7.39. The van der Waals surface area contributed by atoms with E-state index in [1.165, 1.54) is 28.0 Å². The second kappa shape index (κ2) is 12.3. The van der Waals surface area contributed by atoms with E-state index in [1.54, 1.807) is 24.3 Å². The van der Waals surface area contributed by atoms with Crippen molar-refractivity contribution in [3.8, 4) is 6.07 Å². The molecule has 0 aliphatic heterocycles. The summed E-state index contributed by atoms with van der Waals surface area (Å²) in [5, 5.41) is 26.2. The molecule has 1 aromatic carbocycles. The minimum atomic E-state index is -0.378. The first kappa shape index (κ1) is 30.1. The maximum absolute atomic E-state index is 12.9. The number of fused-ring (bicyclic) bond motifs is 1. The Morgan fingerprint density at radius 1 is 1.25 bits per heavy atom. The average Bonchev–Trinajstić information content (AvgIpc) is 3.43. The monoisotopic (exact) mass is 598 g/mol. The van der Waals surface area contributed by atoms with Gasteiger partial charge >= 0.3 is 0 Å². The van der Waals surface area contributed by atoms with Gasteiger partial charge in [-0.05, 0) is 66.3 Å². The van der Waals surface area contributed by atoms with Crippen LogP contribution in [0.15, 0.2) is 29.4 Å². The summed E-state index contributed by atoms with van der Waals surface area (Å²) in [5.74, 6) is 0.896. The van der Waals surface area contributed by atoms with Crippen molar-refractivity contribution in [1.29, 1.82) is 5.26 Å². The number of anilines is 1. The molecule has 0 unspecified atom stereocenters. The summed E-state index contributed by atoms with van der Waals surface area (Å²) in [6.07, 6.45) is 2.86. The lowest BCUT2D eigenvalue weighted by molar-refractivity contribution is -0.113. The van der Waals surface area contributed by atoms with Crippen LogP contribution in [0.4, 0.5) is 5.00 Å². The number of thioether (sulfide) groups is 1. The maximum Gasteiger partial charge on any atom is 0.251 e. The van der Waals surface area contributed by atoms with E-state index >= 15 is 0 Å². The van der Waals surface area contributed by atoms with Crippen molar-refractivity contribution in [2.45, 2.75) is 65.1 Å². The van der Waals surface area contributed by atoms with Crippen LogP contribution < -0.4 is 10.6 Å². The zero-order valence-corrected chi connectivity index (χ0v) is 26.1. The number of carbonyl (C=O) groups is 2. The molecule has 3 aromatic rings. The van der Waals surface area contributed by atoms with E-state index < -0.39 is 0 Å². The summed E-state index contributed by atoms with van der Waals surface area (Å²) >= 11 is 8.75. The summed E-state index contributed by atoms with van der Waals surface area (Å²) in [6, 6.07) is 8.65. The Balaban J connectivity index is 1.41. The van der Waals surface area contributed by atoms with Crippen molar-refractivity contribution >= 4 is 51.5 Å². The molecule has 2 heterocycles. The number of nitrogens with zero attached hydrogens (tertiary/aromatic N) is 4. The van der Waals surface area contributed by atoms with E-state index in [9.17, 15) is 14.9 Å². The van der Waals surface area contributed by atoms with Gasteiger partial charge in [-0.2, -0.15) is 5.26 Å². The van der Waals surface area contributed by atoms with Gasteiger partial charge in [0.2, 0.25) is 5.91 Å². The van der Waals surface area contributed by atoms with E-state index in [-0.39, 0.29) is 34.9 Å². The van der Waals surface area contributed by atoms with Gasteiger partial charge in [-0.1, -0.05) is 58.0 Å². The molecule has 0 bridgehead atoms. The Morgan fingerprint density at radius 3 is 2.58 bits per heavy atom. The SMILES string of the molecule is CC(C)[C@@H](NC(=O)c1ccc(Cl)cc1)c1nnc(SCC(=O)Nc2sc3c(c2C#N)CC[C@H](C(C)(C)C)C3)n1C. The number of hydrogen-bond acceptors (Lipinski definition) is 7. The number of rotatable bonds is 8. The van der Waals surface area contributed by atoms with Crippen molar-refractivity contribution < 1.29 is 9.59 Å². The van der Waals surface area contributed by atoms with Crippen molar-refractivity contribution in [3.05, 3.63) is 56.7 Å². The third-order valence-corrected chi connectivity index (χ3v) is 9.84. The van der Waals surface area contributed by atoms with E-state index in [0.717, 1.165) is 24.8 Å². The Bertz CT molecular complexity index is 1430. The zero-order valence-electron chi connectivity index (χ0n) is 23.7. The van der Waals surface area contributed by atoms with Gasteiger partial charge in [-0.25, -0.2) is 0 Å². The summed E-state index contributed by atoms with van der Waals surface area (Å²) in [7, 11) is 1.83. The van der Waals surface area contributed by atoms with Gasteiger partial charge in [0.15, 0.2) is 11.0 Å². The number of halogens is 1. The summed E-state index contributed by atoms with van der Waals surface area (Å²) < 4.78 is 1.81. The Hall–Kier alpha value is -2.87. The minimum Gasteiger partial charge on any atom is -0.342 e. The number of hydrogen-bond donors (Lipinski definition) is 2. The van der Waals surface area contributed by atoms with Gasteiger partial charge in [0, 0.05) is 22.5 Å². The molecule has 0 radical (unpaired) electrons. The molecule has 11 heteroatoms. The van der Waals surface area contributed by atoms with Gasteiger partial charge in [-0.3, -0.25) is 9.59 Å². The second-order valence-corrected chi connectivity index (χ2v) is 14.0. The molecule has 212 valence electrons. The van der Waals surface area contributed by atoms with E-state index in [2.05, 4.69) is 47.7 Å². The van der Waals surface area contributed by atoms with Gasteiger partial charge < -0.3 is 15.2 Å². The Morgan fingerprint density at radius 2 is 1.95 bits per heavy atom. The lowest BCUT2D eigenvalue weighted by Crippen LogP contribution is -2.33. The van der Waals surface area contributed by atoms with E-state index in [4.69, 9.17) is 11.6 Å². The second-order valence-electron chi connectivity index (χ2n) is 11.6. The molecule has 40 heavy (non-hydrogen) atoms. The topological polar surface area (TPSA) is 113 Å². The van der Waals surface area contributed by atoms with Crippen LogP contribution in [0, 0.1) is 28.6 Å². The van der Waals surface area contributed by atoms with Crippen molar-refractivity contribution in [3.63, 3.8) is 0 Å². The van der Waals surface area contributed by atoms with E-state index in [1.807, 2.05) is 25.5 Å². The van der Waals surface area contributed by atoms with Crippen LogP contribution in [-0.2, 0) is 24.7 Å². The van der Waals surface area contributed by atoms with Crippen molar-refractivity contribution in [1.82, 2.24) is 20.1 Å². The molecular weight excluding hydrogens is 564 g/mol. The van der Waals surface area contributed by atoms with Gasteiger partial charge in [-0.15, -0.1) is 21.5 Å². The highest BCUT2D eigenvalue weighted by Gasteiger charge is 2.32. The van der Waals surface area contributed by atoms with Gasteiger partial charge in [0.25, 0.3) is 5.91 Å². The average molecular weight is 599 g/mol. The van der Waals surface area contributed by atoms with Crippen LogP contribution >= 0.6 is 34.7 Å². The van der Waals surface area contributed by atoms with Crippen molar-refractivity contribution in [2.75, 3.05) is 11.1 Å². The minimum absolute atomic E-state index is 0.0486. The molecule has 2 atom stereocenters. The van der Waals surface area contributed by atoms with Crippen LogP contribution in [0.1, 0.15) is 79.3 Å². The normalized spacial score (nSPS) is 15.8. The number of amides is 2. The van der Waals surface area contributed by atoms with Crippen LogP contribution in [0.25, 0.3) is 0 Å². The number of benzene rings is 1. The van der Waals surface area contributed by atoms with Crippen LogP contribution in [0.2, 0.25) is 5.02 Å². The fraction of sp³-hybridized carbons (Fsp3) is 0.483. The predicted octanol–water partition coefficient (Wildman–Crippen LogP) is 6.41. The third kappa shape index (κ3) is 6.70. The van der Waals surface area contributed by atoms with Gasteiger partial charge in [0.05, 0.1) is 17.4 Å². The van der Waals surface area contributed by atoms with Crippen LogP contribution in [0.5, 0.6) is 0 Å². The molecular formula is C29H35ClN6O2S2. The first-order chi connectivity index (χ1) is 18.9. The quantitative estimate of drug-likeness (QED) is 0.290. The van der Waals surface area contributed by atoms with Crippen molar-refractivity contribution in [2.24, 2.45) is 24.3 Å². The molecule has 0 fully saturated rings. The smallest absolute Gasteiger partial charge is 0.251 e. The molecule has 2 N–H and O–H groups in total. The van der Waals surface area contributed by atoms with E-state index in [0.29, 0.717) is 38.0 Å². The molecule has 0 saturated carbocycles. The first-order valence-electron chi connectivity index (χ1n) is 13.3. The number of carbonyl (C=O) groups excluding carboxylic acids is 2. The number of aromatic nitrogens is 3. The molecule has 4 rings (SSSR count). The molecule has 2 amide bonds. The predicted molar refractivity (Wildman–Crippen MR) is 161 cm³/mol. The van der Waals surface area contributed by atoms with Crippen LogP contribution in [0.3, 0.4) is 0 Å². The highest BCUT2D eigenvalue weighted by Crippen LogP contribution is 2.44. The largest absolute Gasteiger partial charge is 0.342 e. The molecule has 2 aromatic heterocycles. The van der Waals surface area contributed by atoms with Crippen LogP contribution in [-0.4, -0.2) is 32.3 Å². The maximum atomic E-state index is 12.9. The zero-order chi connectivity index (χ0) is 29.2.